The molecule has 0 aromatic carbocycles. The van der Waals surface area contributed by atoms with Gasteiger partial charge in [0.05, 0.1) is 11.8 Å². The summed E-state index contributed by atoms with van der Waals surface area (Å²) in [7, 11) is 0. The van der Waals surface area contributed by atoms with Crippen molar-refractivity contribution in [3.63, 3.8) is 0 Å². The topological polar surface area (TPSA) is 107 Å². The van der Waals surface area contributed by atoms with Gasteiger partial charge in [-0.25, -0.2) is 0 Å². The maximum absolute atomic E-state index is 10.5. The van der Waals surface area contributed by atoms with E-state index < -0.39 is 0 Å². The fourth-order valence-electron chi connectivity index (χ4n) is 1.29. The number of anilines is 1. The van der Waals surface area contributed by atoms with Gasteiger partial charge < -0.3 is 16.8 Å². The first kappa shape index (κ1) is 13.3. The molecule has 0 fully saturated rings. The summed E-state index contributed by atoms with van der Waals surface area (Å²) in [5, 5.41) is 10.7. The number of unbranched alkanes of at least 4 members (excludes halogenated alkanes) is 1. The van der Waals surface area contributed by atoms with E-state index in [9.17, 15) is 4.79 Å². The first-order chi connectivity index (χ1) is 8.11. The molecule has 1 heterocycles. The Balaban J connectivity index is 2.41. The van der Waals surface area contributed by atoms with Crippen molar-refractivity contribution in [2.45, 2.75) is 19.3 Å². The Morgan fingerprint density at radius 3 is 2.82 bits per heavy atom. The predicted octanol–water partition coefficient (Wildman–Crippen LogP) is 0.178. The number of aromatic nitrogens is 2. The Morgan fingerprint density at radius 2 is 2.18 bits per heavy atom. The largest absolute Gasteiger partial charge is 0.389 e. The van der Waals surface area contributed by atoms with Crippen LogP contribution < -0.4 is 16.8 Å². The van der Waals surface area contributed by atoms with Gasteiger partial charge in [0.25, 0.3) is 0 Å². The second-order valence-electron chi connectivity index (χ2n) is 3.51. The minimum Gasteiger partial charge on any atom is -0.389 e. The van der Waals surface area contributed by atoms with Crippen LogP contribution in [0.15, 0.2) is 12.3 Å². The number of thiocarbonyl (C=S) groups is 1. The zero-order valence-electron chi connectivity index (χ0n) is 9.35. The second-order valence-corrected chi connectivity index (χ2v) is 3.95. The molecule has 92 valence electrons. The van der Waals surface area contributed by atoms with E-state index in [1.54, 1.807) is 6.07 Å². The quantitative estimate of drug-likeness (QED) is 0.472. The summed E-state index contributed by atoms with van der Waals surface area (Å²) < 4.78 is 0. The van der Waals surface area contributed by atoms with E-state index in [0.717, 1.165) is 12.8 Å². The summed E-state index contributed by atoms with van der Waals surface area (Å²) in [4.78, 5) is 10.8. The molecule has 1 aromatic heterocycles. The van der Waals surface area contributed by atoms with Crippen LogP contribution in [-0.2, 0) is 4.79 Å². The SMILES string of the molecule is NC(=O)CCCCNc1nnccc1C(N)=S. The molecule has 0 aliphatic heterocycles. The molecule has 0 saturated heterocycles. The Labute approximate surface area is 105 Å². The molecule has 0 saturated carbocycles. The molecule has 7 heteroatoms. The fraction of sp³-hybridized carbons (Fsp3) is 0.400. The number of nitrogens with one attached hydrogen (secondary N) is 1. The van der Waals surface area contributed by atoms with E-state index in [2.05, 4.69) is 15.5 Å². The third-order valence-electron chi connectivity index (χ3n) is 2.13. The van der Waals surface area contributed by atoms with Gasteiger partial charge in [-0.3, -0.25) is 4.79 Å². The molecule has 0 unspecified atom stereocenters. The molecule has 1 amide bonds. The van der Waals surface area contributed by atoms with Crippen molar-refractivity contribution in [1.29, 1.82) is 0 Å². The number of nitrogens with zero attached hydrogens (tertiary/aromatic N) is 2. The maximum atomic E-state index is 10.5. The van der Waals surface area contributed by atoms with Gasteiger partial charge >= 0.3 is 0 Å². The zero-order valence-corrected chi connectivity index (χ0v) is 10.2. The normalized spacial score (nSPS) is 9.88. The molecule has 17 heavy (non-hydrogen) atoms. The number of primary amides is 1. The maximum Gasteiger partial charge on any atom is 0.217 e. The van der Waals surface area contributed by atoms with Gasteiger partial charge in [0.1, 0.15) is 4.99 Å². The van der Waals surface area contributed by atoms with Crippen LogP contribution in [0.25, 0.3) is 0 Å². The molecule has 5 N–H and O–H groups in total. The van der Waals surface area contributed by atoms with E-state index >= 15 is 0 Å². The molecule has 0 radical (unpaired) electrons. The summed E-state index contributed by atoms with van der Waals surface area (Å²) >= 11 is 4.89. The number of nitrogens with two attached hydrogens (primary N) is 2. The predicted molar refractivity (Wildman–Crippen MR) is 69.5 cm³/mol. The highest BCUT2D eigenvalue weighted by Crippen LogP contribution is 2.10. The minimum absolute atomic E-state index is 0.277. The van der Waals surface area contributed by atoms with Gasteiger partial charge in [0.2, 0.25) is 5.91 Å². The lowest BCUT2D eigenvalue weighted by atomic mass is 10.2. The fourth-order valence-corrected chi connectivity index (χ4v) is 1.46. The summed E-state index contributed by atoms with van der Waals surface area (Å²) in [6.45, 7) is 0.668. The number of hydrogen-bond acceptors (Lipinski definition) is 5. The molecule has 0 aliphatic rings. The third-order valence-corrected chi connectivity index (χ3v) is 2.35. The standard InChI is InChI=1S/C10H15N5OS/c11-8(16)3-1-2-5-13-10-7(9(12)17)4-6-14-15-10/h4,6H,1-3,5H2,(H2,11,16)(H2,12,17)(H,13,15). The first-order valence-electron chi connectivity index (χ1n) is 5.25. The van der Waals surface area contributed by atoms with Crippen LogP contribution in [0.2, 0.25) is 0 Å². The highest BCUT2D eigenvalue weighted by Gasteiger charge is 2.05. The Kier molecular flexibility index (Phi) is 5.28. The van der Waals surface area contributed by atoms with E-state index in [-0.39, 0.29) is 10.9 Å². The molecular formula is C10H15N5OS. The highest BCUT2D eigenvalue weighted by molar-refractivity contribution is 7.80. The lowest BCUT2D eigenvalue weighted by Crippen LogP contribution is -2.16. The van der Waals surface area contributed by atoms with Crippen molar-refractivity contribution >= 4 is 28.9 Å². The minimum atomic E-state index is -0.284. The van der Waals surface area contributed by atoms with Gasteiger partial charge in [0, 0.05) is 13.0 Å². The van der Waals surface area contributed by atoms with Gasteiger partial charge in [-0.05, 0) is 18.9 Å². The van der Waals surface area contributed by atoms with Crippen LogP contribution in [0.4, 0.5) is 5.82 Å². The summed E-state index contributed by atoms with van der Waals surface area (Å²) in [6.07, 6.45) is 3.48. The molecule has 1 aromatic rings. The zero-order chi connectivity index (χ0) is 12.7. The van der Waals surface area contributed by atoms with Crippen molar-refractivity contribution in [1.82, 2.24) is 10.2 Å². The third kappa shape index (κ3) is 4.73. The second kappa shape index (κ2) is 6.74. The lowest BCUT2D eigenvalue weighted by Gasteiger charge is -2.08. The van der Waals surface area contributed by atoms with Gasteiger partial charge in [-0.1, -0.05) is 12.2 Å². The average Bonchev–Trinajstić information content (AvgIpc) is 2.28. The first-order valence-corrected chi connectivity index (χ1v) is 5.65. The lowest BCUT2D eigenvalue weighted by molar-refractivity contribution is -0.118. The summed E-state index contributed by atoms with van der Waals surface area (Å²) in [6, 6.07) is 1.71. The van der Waals surface area contributed by atoms with Gasteiger partial charge in [0.15, 0.2) is 5.82 Å². The van der Waals surface area contributed by atoms with Gasteiger partial charge in [-0.15, -0.1) is 5.10 Å². The molecule has 0 bridgehead atoms. The van der Waals surface area contributed by atoms with Crippen molar-refractivity contribution in [2.24, 2.45) is 11.5 Å². The molecule has 0 aliphatic carbocycles. The number of carbonyl (C=O) groups excluding carboxylic acids is 1. The Morgan fingerprint density at radius 1 is 1.41 bits per heavy atom. The Hall–Kier alpha value is -1.76. The van der Waals surface area contributed by atoms with Crippen molar-refractivity contribution in [3.8, 4) is 0 Å². The average molecular weight is 253 g/mol. The van der Waals surface area contributed by atoms with Crippen LogP contribution >= 0.6 is 12.2 Å². The van der Waals surface area contributed by atoms with Crippen molar-refractivity contribution in [3.05, 3.63) is 17.8 Å². The van der Waals surface area contributed by atoms with Crippen LogP contribution in [0, 0.1) is 0 Å². The van der Waals surface area contributed by atoms with Crippen molar-refractivity contribution in [2.75, 3.05) is 11.9 Å². The smallest absolute Gasteiger partial charge is 0.217 e. The highest BCUT2D eigenvalue weighted by atomic mass is 32.1. The van der Waals surface area contributed by atoms with Crippen LogP contribution in [-0.4, -0.2) is 27.6 Å². The number of hydrogen-bond donors (Lipinski definition) is 3. The summed E-state index contributed by atoms with van der Waals surface area (Å²) in [5.41, 5.74) is 11.3. The number of carbonyl (C=O) groups is 1. The Bertz CT molecular complexity index is 409. The molecule has 6 nitrogen and oxygen atoms in total. The van der Waals surface area contributed by atoms with Crippen LogP contribution in [0.5, 0.6) is 0 Å². The van der Waals surface area contributed by atoms with E-state index in [1.165, 1.54) is 6.20 Å². The monoisotopic (exact) mass is 253 g/mol. The molecule has 1 rings (SSSR count). The number of rotatable bonds is 7. The molecular weight excluding hydrogens is 238 g/mol. The summed E-state index contributed by atoms with van der Waals surface area (Å²) in [5.74, 6) is 0.285. The van der Waals surface area contributed by atoms with Gasteiger partial charge in [-0.2, -0.15) is 5.10 Å². The van der Waals surface area contributed by atoms with Crippen LogP contribution in [0.1, 0.15) is 24.8 Å². The van der Waals surface area contributed by atoms with E-state index in [4.69, 9.17) is 23.7 Å². The molecule has 0 atom stereocenters. The molecule has 0 spiro atoms. The van der Waals surface area contributed by atoms with E-state index in [0.29, 0.717) is 24.3 Å². The van der Waals surface area contributed by atoms with E-state index in [1.807, 2.05) is 0 Å². The number of amides is 1. The van der Waals surface area contributed by atoms with Crippen molar-refractivity contribution < 1.29 is 4.79 Å². The van der Waals surface area contributed by atoms with Crippen LogP contribution in [0.3, 0.4) is 0 Å².